The van der Waals surface area contributed by atoms with Gasteiger partial charge in [-0.05, 0) is 24.6 Å². The van der Waals surface area contributed by atoms with Gasteiger partial charge in [0.15, 0.2) is 0 Å². The second-order valence-corrected chi connectivity index (χ2v) is 5.36. The lowest BCUT2D eigenvalue weighted by Gasteiger charge is -2.35. The lowest BCUT2D eigenvalue weighted by molar-refractivity contribution is -0.274. The molecule has 0 saturated carbocycles. The summed E-state index contributed by atoms with van der Waals surface area (Å²) in [4.78, 5) is 2.19. The van der Waals surface area contributed by atoms with Crippen molar-refractivity contribution in [2.45, 2.75) is 32.2 Å². The average Bonchev–Trinajstić information content (AvgIpc) is 2.46. The molecule has 132 valence electrons. The Balaban J connectivity index is 0.00000264. The Bertz CT molecular complexity index is 494. The van der Waals surface area contributed by atoms with Crippen LogP contribution in [0.4, 0.5) is 13.2 Å². The third-order valence-electron chi connectivity index (χ3n) is 3.75. The van der Waals surface area contributed by atoms with E-state index in [-0.39, 0.29) is 29.9 Å². The van der Waals surface area contributed by atoms with Gasteiger partial charge >= 0.3 is 6.36 Å². The maximum atomic E-state index is 12.4. The first-order valence-electron chi connectivity index (χ1n) is 7.44. The molecule has 1 saturated heterocycles. The maximum Gasteiger partial charge on any atom is 0.573 e. The number of phenolic OH excluding ortho intramolecular Hbond substituents is 1. The highest BCUT2D eigenvalue weighted by molar-refractivity contribution is 5.85. The van der Waals surface area contributed by atoms with Gasteiger partial charge in [-0.2, -0.15) is 0 Å². The quantitative estimate of drug-likeness (QED) is 0.850. The second kappa shape index (κ2) is 8.61. The SMILES string of the molecule is CCC[C@H](c1cc(OC(F)(F)F)ccc1O)N1CCNCC1.Cl. The molecule has 0 aliphatic carbocycles. The summed E-state index contributed by atoms with van der Waals surface area (Å²) in [5.41, 5.74) is 0.491. The molecule has 0 unspecified atom stereocenters. The molecule has 1 aliphatic heterocycles. The number of nitrogens with one attached hydrogen (secondary N) is 1. The molecule has 4 nitrogen and oxygen atoms in total. The summed E-state index contributed by atoms with van der Waals surface area (Å²) in [5.74, 6) is -0.289. The van der Waals surface area contributed by atoms with E-state index >= 15 is 0 Å². The Morgan fingerprint density at radius 1 is 1.30 bits per heavy atom. The first kappa shape index (κ1) is 19.9. The van der Waals surface area contributed by atoms with E-state index in [1.54, 1.807) is 0 Å². The molecule has 1 fully saturated rings. The Labute approximate surface area is 140 Å². The highest BCUT2D eigenvalue weighted by atomic mass is 35.5. The Morgan fingerprint density at radius 3 is 2.52 bits per heavy atom. The topological polar surface area (TPSA) is 44.7 Å². The van der Waals surface area contributed by atoms with Crippen molar-refractivity contribution < 1.29 is 23.0 Å². The van der Waals surface area contributed by atoms with Crippen LogP contribution < -0.4 is 10.1 Å². The number of rotatable bonds is 5. The predicted molar refractivity (Wildman–Crippen MR) is 84.1 cm³/mol. The van der Waals surface area contributed by atoms with Crippen LogP contribution in [0.15, 0.2) is 18.2 Å². The van der Waals surface area contributed by atoms with Crippen molar-refractivity contribution in [2.24, 2.45) is 0 Å². The average molecular weight is 355 g/mol. The van der Waals surface area contributed by atoms with Gasteiger partial charge in [-0.15, -0.1) is 25.6 Å². The summed E-state index contributed by atoms with van der Waals surface area (Å²) in [5, 5.41) is 13.3. The Morgan fingerprint density at radius 2 is 1.96 bits per heavy atom. The molecule has 1 heterocycles. The Hall–Kier alpha value is -1.18. The van der Waals surface area contributed by atoms with Crippen molar-refractivity contribution >= 4 is 12.4 Å². The molecule has 1 aliphatic rings. The molecule has 0 amide bonds. The first-order valence-corrected chi connectivity index (χ1v) is 7.44. The third-order valence-corrected chi connectivity index (χ3v) is 3.75. The number of hydrogen-bond donors (Lipinski definition) is 2. The van der Waals surface area contributed by atoms with E-state index in [2.05, 4.69) is 15.0 Å². The minimum absolute atomic E-state index is 0. The van der Waals surface area contributed by atoms with E-state index in [1.165, 1.54) is 12.1 Å². The molecular formula is C15H22ClF3N2O2. The summed E-state index contributed by atoms with van der Waals surface area (Å²) in [6.45, 7) is 5.28. The van der Waals surface area contributed by atoms with Gasteiger partial charge in [0, 0.05) is 37.8 Å². The number of phenols is 1. The molecule has 0 spiro atoms. The van der Waals surface area contributed by atoms with Gasteiger partial charge < -0.3 is 15.2 Å². The Kier molecular flexibility index (Phi) is 7.44. The number of halogens is 4. The van der Waals surface area contributed by atoms with Crippen LogP contribution >= 0.6 is 12.4 Å². The van der Waals surface area contributed by atoms with Gasteiger partial charge in [0.1, 0.15) is 11.5 Å². The number of hydrogen-bond acceptors (Lipinski definition) is 4. The van der Waals surface area contributed by atoms with E-state index in [0.29, 0.717) is 5.56 Å². The van der Waals surface area contributed by atoms with Crippen LogP contribution in [-0.2, 0) is 0 Å². The van der Waals surface area contributed by atoms with Crippen LogP contribution in [0.3, 0.4) is 0 Å². The summed E-state index contributed by atoms with van der Waals surface area (Å²) < 4.78 is 41.1. The summed E-state index contributed by atoms with van der Waals surface area (Å²) >= 11 is 0. The summed E-state index contributed by atoms with van der Waals surface area (Å²) in [6.07, 6.45) is -3.09. The number of benzene rings is 1. The largest absolute Gasteiger partial charge is 0.573 e. The summed E-state index contributed by atoms with van der Waals surface area (Å²) in [7, 11) is 0. The van der Waals surface area contributed by atoms with E-state index < -0.39 is 6.36 Å². The van der Waals surface area contributed by atoms with Gasteiger partial charge in [-0.3, -0.25) is 4.90 Å². The highest BCUT2D eigenvalue weighted by Crippen LogP contribution is 2.36. The highest BCUT2D eigenvalue weighted by Gasteiger charge is 2.32. The van der Waals surface area contributed by atoms with E-state index in [9.17, 15) is 18.3 Å². The zero-order valence-electron chi connectivity index (χ0n) is 12.9. The van der Waals surface area contributed by atoms with Gasteiger partial charge in [0.25, 0.3) is 0 Å². The predicted octanol–water partition coefficient (Wildman–Crippen LogP) is 3.46. The standard InChI is InChI=1S/C15H21F3N2O2.ClH/c1-2-3-13(20-8-6-19-7-9-20)12-10-11(4-5-14(12)21)22-15(16,17)18;/h4-5,10,13,19,21H,2-3,6-9H2,1H3;1H/t13-;/m1./s1. The number of nitrogens with zero attached hydrogens (tertiary/aromatic N) is 1. The van der Waals surface area contributed by atoms with Crippen molar-refractivity contribution in [3.8, 4) is 11.5 Å². The minimum atomic E-state index is -4.73. The molecule has 1 aromatic carbocycles. The van der Waals surface area contributed by atoms with Crippen molar-refractivity contribution in [2.75, 3.05) is 26.2 Å². The zero-order chi connectivity index (χ0) is 16.2. The van der Waals surface area contributed by atoms with Crippen LogP contribution in [0.2, 0.25) is 0 Å². The van der Waals surface area contributed by atoms with E-state index in [4.69, 9.17) is 0 Å². The van der Waals surface area contributed by atoms with Crippen LogP contribution in [0, 0.1) is 0 Å². The van der Waals surface area contributed by atoms with Crippen molar-refractivity contribution in [3.63, 3.8) is 0 Å². The fourth-order valence-electron chi connectivity index (χ4n) is 2.80. The lowest BCUT2D eigenvalue weighted by Crippen LogP contribution is -2.45. The molecule has 0 aromatic heterocycles. The molecule has 8 heteroatoms. The molecule has 23 heavy (non-hydrogen) atoms. The third kappa shape index (κ3) is 5.75. The van der Waals surface area contributed by atoms with Crippen LogP contribution in [-0.4, -0.2) is 42.5 Å². The fraction of sp³-hybridized carbons (Fsp3) is 0.600. The van der Waals surface area contributed by atoms with Gasteiger partial charge in [-0.1, -0.05) is 13.3 Å². The monoisotopic (exact) mass is 354 g/mol. The van der Waals surface area contributed by atoms with Gasteiger partial charge in [-0.25, -0.2) is 0 Å². The van der Waals surface area contributed by atoms with Crippen LogP contribution in [0.25, 0.3) is 0 Å². The minimum Gasteiger partial charge on any atom is -0.508 e. The number of aromatic hydroxyl groups is 1. The normalized spacial score (nSPS) is 17.4. The zero-order valence-corrected chi connectivity index (χ0v) is 13.7. The van der Waals surface area contributed by atoms with E-state index in [0.717, 1.165) is 45.1 Å². The molecule has 0 bridgehead atoms. The molecule has 0 radical (unpaired) electrons. The fourth-order valence-corrected chi connectivity index (χ4v) is 2.80. The van der Waals surface area contributed by atoms with Crippen molar-refractivity contribution in [1.29, 1.82) is 0 Å². The van der Waals surface area contributed by atoms with Crippen molar-refractivity contribution in [3.05, 3.63) is 23.8 Å². The maximum absolute atomic E-state index is 12.4. The smallest absolute Gasteiger partial charge is 0.508 e. The molecule has 1 aromatic rings. The molecular weight excluding hydrogens is 333 g/mol. The van der Waals surface area contributed by atoms with Crippen LogP contribution in [0.5, 0.6) is 11.5 Å². The van der Waals surface area contributed by atoms with Gasteiger partial charge in [0.05, 0.1) is 0 Å². The van der Waals surface area contributed by atoms with E-state index in [1.807, 2.05) is 6.92 Å². The van der Waals surface area contributed by atoms with Crippen LogP contribution in [0.1, 0.15) is 31.4 Å². The number of piperazine rings is 1. The van der Waals surface area contributed by atoms with Crippen molar-refractivity contribution in [1.82, 2.24) is 10.2 Å². The number of alkyl halides is 3. The summed E-state index contributed by atoms with van der Waals surface area (Å²) in [6, 6.07) is 3.59. The molecule has 2 N–H and O–H groups in total. The molecule has 1 atom stereocenters. The first-order chi connectivity index (χ1) is 10.4. The lowest BCUT2D eigenvalue weighted by atomic mass is 9.98. The second-order valence-electron chi connectivity index (χ2n) is 5.36. The van der Waals surface area contributed by atoms with Gasteiger partial charge in [0.2, 0.25) is 0 Å². The molecule has 2 rings (SSSR count). The number of ether oxygens (including phenoxy) is 1.